The number of hydrogen-bond acceptors (Lipinski definition) is 4. The molecule has 0 radical (unpaired) electrons. The van der Waals surface area contributed by atoms with Crippen LogP contribution in [0, 0.1) is 11.8 Å². The smallest absolute Gasteiger partial charge is 0.235 e. The lowest BCUT2D eigenvalue weighted by Crippen LogP contribution is -2.49. The Balaban J connectivity index is 1.64. The van der Waals surface area contributed by atoms with Crippen molar-refractivity contribution in [3.63, 3.8) is 0 Å². The number of Topliss-reactive ketones (excluding diaryl/α,β-unsaturated/α-hetero) is 1. The Kier molecular flexibility index (Phi) is 5.17. The number of allylic oxidation sites excluding steroid dienone is 1. The maximum absolute atomic E-state index is 13.8. The second kappa shape index (κ2) is 7.89. The van der Waals surface area contributed by atoms with Gasteiger partial charge in [-0.05, 0) is 49.2 Å². The number of halogens is 1. The number of nitrogens with zero attached hydrogens (tertiary/aromatic N) is 2. The Morgan fingerprint density at radius 1 is 1.00 bits per heavy atom. The molecule has 6 heteroatoms. The molecule has 4 atom stereocenters. The summed E-state index contributed by atoms with van der Waals surface area (Å²) in [5.41, 5.74) is 3.49. The van der Waals surface area contributed by atoms with Gasteiger partial charge in [-0.25, -0.2) is 0 Å². The third-order valence-corrected chi connectivity index (χ3v) is 7.23. The average molecular weight is 449 g/mol. The first-order chi connectivity index (χ1) is 15.4. The molecule has 0 aromatic heterocycles. The molecule has 2 amide bonds. The van der Waals surface area contributed by atoms with Crippen LogP contribution in [0.2, 0.25) is 5.02 Å². The van der Waals surface area contributed by atoms with Crippen LogP contribution in [0.5, 0.6) is 0 Å². The first kappa shape index (κ1) is 21.0. The van der Waals surface area contributed by atoms with Gasteiger partial charge >= 0.3 is 0 Å². The Bertz CT molecular complexity index is 1140. The molecular weight excluding hydrogens is 424 g/mol. The van der Waals surface area contributed by atoms with E-state index in [0.29, 0.717) is 17.1 Å². The van der Waals surface area contributed by atoms with E-state index in [4.69, 9.17) is 11.6 Å². The van der Waals surface area contributed by atoms with Crippen molar-refractivity contribution in [2.24, 2.45) is 11.8 Å². The molecule has 0 unspecified atom stereocenters. The van der Waals surface area contributed by atoms with Crippen molar-refractivity contribution in [2.45, 2.75) is 38.8 Å². The summed E-state index contributed by atoms with van der Waals surface area (Å²) in [6, 6.07) is 13.6. The zero-order valence-corrected chi connectivity index (χ0v) is 18.9. The molecule has 5 rings (SSSR count). The molecule has 3 aliphatic heterocycles. The number of carbonyl (C=O) groups excluding carboxylic acids is 3. The number of likely N-dealkylation sites (tertiary alicyclic amines) is 1. The van der Waals surface area contributed by atoms with E-state index in [1.165, 1.54) is 4.90 Å². The number of anilines is 1. The van der Waals surface area contributed by atoms with Gasteiger partial charge in [0.05, 0.1) is 17.9 Å². The fraction of sp³-hybridized carbons (Fsp3) is 0.346. The van der Waals surface area contributed by atoms with Gasteiger partial charge in [-0.15, -0.1) is 0 Å². The largest absolute Gasteiger partial charge is 0.352 e. The number of rotatable bonds is 5. The van der Waals surface area contributed by atoms with Crippen LogP contribution in [-0.2, 0) is 9.59 Å². The third-order valence-electron chi connectivity index (χ3n) is 6.98. The summed E-state index contributed by atoms with van der Waals surface area (Å²) < 4.78 is 0. The van der Waals surface area contributed by atoms with E-state index in [-0.39, 0.29) is 23.6 Å². The Morgan fingerprint density at radius 2 is 1.69 bits per heavy atom. The average Bonchev–Trinajstić information content (AvgIpc) is 3.25. The lowest BCUT2D eigenvalue weighted by molar-refractivity contribution is -0.140. The molecule has 3 aliphatic rings. The van der Waals surface area contributed by atoms with Crippen molar-refractivity contribution in [2.75, 3.05) is 11.4 Å². The number of carbonyl (C=O) groups is 3. The van der Waals surface area contributed by atoms with E-state index in [9.17, 15) is 14.4 Å². The second-order valence-electron chi connectivity index (χ2n) is 8.81. The summed E-state index contributed by atoms with van der Waals surface area (Å²) in [4.78, 5) is 44.2. The summed E-state index contributed by atoms with van der Waals surface area (Å²) in [5.74, 6) is -1.77. The highest BCUT2D eigenvalue weighted by molar-refractivity contribution is 6.30. The van der Waals surface area contributed by atoms with E-state index in [1.54, 1.807) is 24.3 Å². The van der Waals surface area contributed by atoms with E-state index in [2.05, 4.69) is 6.08 Å². The molecule has 0 bridgehead atoms. The third kappa shape index (κ3) is 3.02. The number of imide groups is 1. The van der Waals surface area contributed by atoms with Crippen LogP contribution in [0.15, 0.2) is 54.6 Å². The Labute approximate surface area is 192 Å². The van der Waals surface area contributed by atoms with Gasteiger partial charge in [0, 0.05) is 28.4 Å². The SMILES string of the molecule is CCCCN1C(=O)[C@@H]2[C@@H](C1=O)[C@@H](C(=O)c1ccc(Cl)cc1)N1c3ccccc3C(C)=C[C@H]21. The number of para-hydroxylation sites is 1. The molecule has 5 nitrogen and oxygen atoms in total. The molecule has 0 saturated carbocycles. The van der Waals surface area contributed by atoms with E-state index >= 15 is 0 Å². The van der Waals surface area contributed by atoms with Gasteiger partial charge in [0.1, 0.15) is 6.04 Å². The first-order valence-corrected chi connectivity index (χ1v) is 11.5. The summed E-state index contributed by atoms with van der Waals surface area (Å²) in [6.45, 7) is 4.47. The van der Waals surface area contributed by atoms with Gasteiger partial charge in [-0.1, -0.05) is 49.2 Å². The number of ketones is 1. The number of benzene rings is 2. The molecule has 0 N–H and O–H groups in total. The van der Waals surface area contributed by atoms with Crippen LogP contribution in [0.25, 0.3) is 5.57 Å². The fourth-order valence-electron chi connectivity index (χ4n) is 5.48. The van der Waals surface area contributed by atoms with Crippen molar-refractivity contribution in [1.82, 2.24) is 4.90 Å². The number of fused-ring (bicyclic) bond motifs is 5. The molecule has 32 heavy (non-hydrogen) atoms. The highest BCUT2D eigenvalue weighted by atomic mass is 35.5. The topological polar surface area (TPSA) is 57.7 Å². The standard InChI is InChI=1S/C26H25ClN2O3/c1-3-4-13-28-25(31)21-20-14-15(2)18-7-5-6-8-19(18)29(20)23(22(21)26(28)32)24(30)16-9-11-17(27)12-10-16/h5-12,14,20-23H,3-4,13H2,1-2H3/t20-,21+,22-,23+/m1/s1. The summed E-state index contributed by atoms with van der Waals surface area (Å²) in [5, 5.41) is 0.545. The highest BCUT2D eigenvalue weighted by Crippen LogP contribution is 2.50. The van der Waals surface area contributed by atoms with Gasteiger partial charge in [0.25, 0.3) is 0 Å². The number of unbranched alkanes of at least 4 members (excludes halogenated alkanes) is 1. The first-order valence-electron chi connectivity index (χ1n) is 11.1. The van der Waals surface area contributed by atoms with E-state index in [0.717, 1.165) is 29.7 Å². The van der Waals surface area contributed by atoms with E-state index < -0.39 is 17.9 Å². The Hall–Kier alpha value is -2.92. The second-order valence-corrected chi connectivity index (χ2v) is 9.25. The fourth-order valence-corrected chi connectivity index (χ4v) is 5.61. The van der Waals surface area contributed by atoms with Gasteiger partial charge in [0.15, 0.2) is 5.78 Å². The van der Waals surface area contributed by atoms with Crippen molar-refractivity contribution in [1.29, 1.82) is 0 Å². The quantitative estimate of drug-likeness (QED) is 0.495. The van der Waals surface area contributed by atoms with Gasteiger partial charge in [-0.3, -0.25) is 19.3 Å². The molecule has 2 aromatic carbocycles. The molecule has 3 heterocycles. The molecule has 2 saturated heterocycles. The normalized spacial score (nSPS) is 26.0. The molecule has 0 spiro atoms. The van der Waals surface area contributed by atoms with Gasteiger partial charge in [0.2, 0.25) is 11.8 Å². The molecule has 0 aliphatic carbocycles. The van der Waals surface area contributed by atoms with Crippen molar-refractivity contribution < 1.29 is 14.4 Å². The van der Waals surface area contributed by atoms with Crippen LogP contribution in [0.4, 0.5) is 5.69 Å². The Morgan fingerprint density at radius 3 is 2.41 bits per heavy atom. The summed E-state index contributed by atoms with van der Waals surface area (Å²) in [7, 11) is 0. The maximum atomic E-state index is 13.8. The van der Waals surface area contributed by atoms with Crippen LogP contribution >= 0.6 is 11.6 Å². The minimum absolute atomic E-state index is 0.152. The predicted molar refractivity (Wildman–Crippen MR) is 125 cm³/mol. The monoisotopic (exact) mass is 448 g/mol. The zero-order valence-electron chi connectivity index (χ0n) is 18.1. The minimum atomic E-state index is -0.736. The van der Waals surface area contributed by atoms with Crippen LogP contribution in [0.1, 0.15) is 42.6 Å². The summed E-state index contributed by atoms with van der Waals surface area (Å²) >= 11 is 6.03. The van der Waals surface area contributed by atoms with Crippen molar-refractivity contribution in [3.8, 4) is 0 Å². The van der Waals surface area contributed by atoms with Crippen LogP contribution < -0.4 is 4.90 Å². The minimum Gasteiger partial charge on any atom is -0.352 e. The summed E-state index contributed by atoms with van der Waals surface area (Å²) in [6.07, 6.45) is 3.71. The highest BCUT2D eigenvalue weighted by Gasteiger charge is 2.64. The predicted octanol–water partition coefficient (Wildman–Crippen LogP) is 4.60. The lowest BCUT2D eigenvalue weighted by Gasteiger charge is -2.38. The van der Waals surface area contributed by atoms with Gasteiger partial charge < -0.3 is 4.90 Å². The van der Waals surface area contributed by atoms with E-state index in [1.807, 2.05) is 43.0 Å². The number of hydrogen-bond donors (Lipinski definition) is 0. The molecule has 2 aromatic rings. The van der Waals surface area contributed by atoms with Crippen LogP contribution in [-0.4, -0.2) is 41.1 Å². The van der Waals surface area contributed by atoms with Crippen molar-refractivity contribution >= 4 is 40.5 Å². The molecular formula is C26H25ClN2O3. The van der Waals surface area contributed by atoms with Crippen molar-refractivity contribution in [3.05, 3.63) is 70.8 Å². The zero-order chi connectivity index (χ0) is 22.6. The number of amides is 2. The van der Waals surface area contributed by atoms with Gasteiger partial charge in [-0.2, -0.15) is 0 Å². The maximum Gasteiger partial charge on any atom is 0.235 e. The molecule has 2 fully saturated rings. The lowest BCUT2D eigenvalue weighted by atomic mass is 9.85. The van der Waals surface area contributed by atoms with Crippen LogP contribution in [0.3, 0.4) is 0 Å². The molecule has 164 valence electrons.